The van der Waals surface area contributed by atoms with Crippen LogP contribution in [0.1, 0.15) is 37.9 Å². The maximum Gasteiger partial charge on any atom is 0.260 e. The van der Waals surface area contributed by atoms with Crippen molar-refractivity contribution >= 4 is 21.6 Å². The zero-order valence-electron chi connectivity index (χ0n) is 14.5. The van der Waals surface area contributed by atoms with Crippen LogP contribution in [0.3, 0.4) is 0 Å². The van der Waals surface area contributed by atoms with E-state index in [-0.39, 0.29) is 5.56 Å². The summed E-state index contributed by atoms with van der Waals surface area (Å²) < 4.78 is 0. The predicted octanol–water partition coefficient (Wildman–Crippen LogP) is 4.42. The monoisotopic (exact) mass is 353 g/mol. The maximum atomic E-state index is 12.7. The molecule has 25 heavy (non-hydrogen) atoms. The largest absolute Gasteiger partial charge is 0.309 e. The number of hydrogen-bond acceptors (Lipinski definition) is 4. The second kappa shape index (κ2) is 7.10. The summed E-state index contributed by atoms with van der Waals surface area (Å²) in [6.07, 6.45) is 6.47. The molecular formula is C20H23N3OS. The summed E-state index contributed by atoms with van der Waals surface area (Å²) in [5.74, 6) is 0.770. The third kappa shape index (κ3) is 3.39. The van der Waals surface area contributed by atoms with Gasteiger partial charge >= 0.3 is 0 Å². The number of aromatic amines is 1. The molecule has 4 nitrogen and oxygen atoms in total. The molecule has 1 saturated carbocycles. The number of nitrogens with one attached hydrogen (secondary N) is 1. The molecule has 5 heteroatoms. The quantitative estimate of drug-likeness (QED) is 0.755. The molecular weight excluding hydrogens is 330 g/mol. The molecule has 2 aromatic heterocycles. The summed E-state index contributed by atoms with van der Waals surface area (Å²) in [7, 11) is 2.14. The van der Waals surface area contributed by atoms with Crippen LogP contribution < -0.4 is 5.56 Å². The standard InChI is InChI=1S/C20H23N3OS/c1-23(15-10-6-3-7-11-15)12-17-21-19(24)18-16(13-25-20(18)22-17)14-8-4-2-5-9-14/h2,4-5,8-9,13,15H,3,6-7,10-12H2,1H3,(H,21,22,24). The molecule has 0 spiro atoms. The SMILES string of the molecule is CN(Cc1nc2scc(-c3ccccc3)c2c(=O)[nH]1)C1CCCCC1. The van der Waals surface area contributed by atoms with Gasteiger partial charge in [0.15, 0.2) is 0 Å². The minimum absolute atomic E-state index is 0.0304. The molecule has 1 fully saturated rings. The molecule has 130 valence electrons. The van der Waals surface area contributed by atoms with Crippen LogP contribution in [0, 0.1) is 0 Å². The molecule has 2 heterocycles. The zero-order chi connectivity index (χ0) is 17.2. The van der Waals surface area contributed by atoms with Crippen LogP contribution in [0.5, 0.6) is 0 Å². The van der Waals surface area contributed by atoms with Crippen molar-refractivity contribution in [3.63, 3.8) is 0 Å². The Hall–Kier alpha value is -1.98. The van der Waals surface area contributed by atoms with E-state index in [4.69, 9.17) is 4.98 Å². The second-order valence-corrected chi connectivity index (χ2v) is 7.77. The summed E-state index contributed by atoms with van der Waals surface area (Å²) in [5, 5.41) is 2.75. The fraction of sp³-hybridized carbons (Fsp3) is 0.400. The van der Waals surface area contributed by atoms with Gasteiger partial charge in [0.25, 0.3) is 5.56 Å². The molecule has 0 unspecified atom stereocenters. The Morgan fingerprint density at radius 2 is 1.96 bits per heavy atom. The van der Waals surface area contributed by atoms with Crippen LogP contribution in [0.4, 0.5) is 0 Å². The number of rotatable bonds is 4. The molecule has 0 radical (unpaired) electrons. The summed E-state index contributed by atoms with van der Waals surface area (Å²) in [6, 6.07) is 10.6. The number of fused-ring (bicyclic) bond motifs is 1. The topological polar surface area (TPSA) is 49.0 Å². The lowest BCUT2D eigenvalue weighted by atomic mass is 9.94. The van der Waals surface area contributed by atoms with Crippen LogP contribution >= 0.6 is 11.3 Å². The Bertz CT molecular complexity index is 910. The highest BCUT2D eigenvalue weighted by atomic mass is 32.1. The Morgan fingerprint density at radius 3 is 2.72 bits per heavy atom. The van der Waals surface area contributed by atoms with E-state index in [0.717, 1.165) is 21.8 Å². The van der Waals surface area contributed by atoms with Gasteiger partial charge in [-0.25, -0.2) is 4.98 Å². The summed E-state index contributed by atoms with van der Waals surface area (Å²) in [5.41, 5.74) is 2.01. The van der Waals surface area contributed by atoms with Crippen molar-refractivity contribution in [2.75, 3.05) is 7.05 Å². The molecule has 0 aliphatic heterocycles. The van der Waals surface area contributed by atoms with E-state index in [9.17, 15) is 4.79 Å². The van der Waals surface area contributed by atoms with Gasteiger partial charge in [0.05, 0.1) is 11.9 Å². The highest BCUT2D eigenvalue weighted by Gasteiger charge is 2.19. The summed E-state index contributed by atoms with van der Waals surface area (Å²) >= 11 is 1.55. The molecule has 1 aliphatic rings. The van der Waals surface area contributed by atoms with Crippen molar-refractivity contribution < 1.29 is 0 Å². The van der Waals surface area contributed by atoms with Gasteiger partial charge in [-0.05, 0) is 25.5 Å². The average molecular weight is 353 g/mol. The number of benzene rings is 1. The van der Waals surface area contributed by atoms with E-state index in [1.54, 1.807) is 11.3 Å². The van der Waals surface area contributed by atoms with Crippen LogP contribution in [0.25, 0.3) is 21.3 Å². The van der Waals surface area contributed by atoms with E-state index in [2.05, 4.69) is 16.9 Å². The van der Waals surface area contributed by atoms with Crippen LogP contribution in [0.15, 0.2) is 40.5 Å². The molecule has 0 bridgehead atoms. The zero-order valence-corrected chi connectivity index (χ0v) is 15.3. The molecule has 1 aromatic carbocycles. The van der Waals surface area contributed by atoms with E-state index < -0.39 is 0 Å². The first-order valence-corrected chi connectivity index (χ1v) is 9.86. The van der Waals surface area contributed by atoms with Crippen LogP contribution in [-0.4, -0.2) is 28.0 Å². The second-order valence-electron chi connectivity index (χ2n) is 6.92. The first kappa shape index (κ1) is 16.5. The first-order chi connectivity index (χ1) is 12.2. The highest BCUT2D eigenvalue weighted by Crippen LogP contribution is 2.30. The number of nitrogens with zero attached hydrogens (tertiary/aromatic N) is 2. The molecule has 1 aliphatic carbocycles. The first-order valence-electron chi connectivity index (χ1n) is 8.98. The van der Waals surface area contributed by atoms with E-state index in [1.165, 1.54) is 32.1 Å². The lowest BCUT2D eigenvalue weighted by Gasteiger charge is -2.30. The van der Waals surface area contributed by atoms with Gasteiger partial charge < -0.3 is 4.98 Å². The van der Waals surface area contributed by atoms with Gasteiger partial charge in [-0.2, -0.15) is 0 Å². The van der Waals surface area contributed by atoms with Crippen molar-refractivity contribution in [2.45, 2.75) is 44.7 Å². The minimum Gasteiger partial charge on any atom is -0.309 e. The van der Waals surface area contributed by atoms with E-state index in [0.29, 0.717) is 18.0 Å². The lowest BCUT2D eigenvalue weighted by molar-refractivity contribution is 0.181. The maximum absolute atomic E-state index is 12.7. The summed E-state index contributed by atoms with van der Waals surface area (Å²) in [6.45, 7) is 0.703. The van der Waals surface area contributed by atoms with Crippen LogP contribution in [-0.2, 0) is 6.54 Å². The number of thiophene rings is 1. The van der Waals surface area contributed by atoms with E-state index in [1.807, 2.05) is 35.7 Å². The van der Waals surface area contributed by atoms with Gasteiger partial charge in [0, 0.05) is 17.0 Å². The Morgan fingerprint density at radius 1 is 1.20 bits per heavy atom. The van der Waals surface area contributed by atoms with Gasteiger partial charge in [-0.3, -0.25) is 9.69 Å². The third-order valence-corrected chi connectivity index (χ3v) is 6.05. The highest BCUT2D eigenvalue weighted by molar-refractivity contribution is 7.17. The molecule has 0 amide bonds. The van der Waals surface area contributed by atoms with Crippen molar-refractivity contribution in [2.24, 2.45) is 0 Å². The van der Waals surface area contributed by atoms with Crippen molar-refractivity contribution in [3.05, 3.63) is 51.9 Å². The van der Waals surface area contributed by atoms with Crippen molar-refractivity contribution in [3.8, 4) is 11.1 Å². The van der Waals surface area contributed by atoms with Crippen LogP contribution in [0.2, 0.25) is 0 Å². The normalized spacial score (nSPS) is 15.9. The van der Waals surface area contributed by atoms with Gasteiger partial charge in [-0.15, -0.1) is 11.3 Å². The van der Waals surface area contributed by atoms with Gasteiger partial charge in [-0.1, -0.05) is 49.6 Å². The Balaban J connectivity index is 1.63. The Kier molecular flexibility index (Phi) is 4.68. The van der Waals surface area contributed by atoms with Crippen molar-refractivity contribution in [1.29, 1.82) is 0 Å². The van der Waals surface area contributed by atoms with Gasteiger partial charge in [0.1, 0.15) is 10.7 Å². The third-order valence-electron chi connectivity index (χ3n) is 5.18. The molecule has 1 N–H and O–H groups in total. The Labute approximate surface area is 151 Å². The lowest BCUT2D eigenvalue weighted by Crippen LogP contribution is -2.34. The number of aromatic nitrogens is 2. The molecule has 3 aromatic rings. The fourth-order valence-corrected chi connectivity index (χ4v) is 4.75. The van der Waals surface area contributed by atoms with Gasteiger partial charge in [0.2, 0.25) is 0 Å². The van der Waals surface area contributed by atoms with E-state index >= 15 is 0 Å². The molecule has 4 rings (SSSR count). The minimum atomic E-state index is -0.0304. The number of hydrogen-bond donors (Lipinski definition) is 1. The fourth-order valence-electron chi connectivity index (χ4n) is 3.79. The summed E-state index contributed by atoms with van der Waals surface area (Å²) in [4.78, 5) is 23.6. The number of H-pyrrole nitrogens is 1. The molecule has 0 saturated heterocycles. The average Bonchev–Trinajstić information content (AvgIpc) is 3.08. The van der Waals surface area contributed by atoms with Crippen molar-refractivity contribution in [1.82, 2.24) is 14.9 Å². The smallest absolute Gasteiger partial charge is 0.260 e. The molecule has 0 atom stereocenters. The predicted molar refractivity (Wildman–Crippen MR) is 104 cm³/mol.